The second-order valence-corrected chi connectivity index (χ2v) is 8.60. The standard InChI is InChI=1S/C26H29N3O3/c1-31-24-16-19(11-14-23(24)32-22-7-2-3-8-22)26(30)28-20-12-9-18(10-13-20)25-27-17-21-6-4-5-15-29(21)25/h9-14,16-17,22H,2-8,15H2,1H3,(H,28,30). The number of hydrogen-bond donors (Lipinski definition) is 1. The summed E-state index contributed by atoms with van der Waals surface area (Å²) in [5.74, 6) is 2.11. The highest BCUT2D eigenvalue weighted by atomic mass is 16.5. The predicted octanol–water partition coefficient (Wildman–Crippen LogP) is 5.47. The lowest BCUT2D eigenvalue weighted by atomic mass is 10.1. The third-order valence-corrected chi connectivity index (χ3v) is 6.43. The number of ether oxygens (including phenoxy) is 2. The fraction of sp³-hybridized carbons (Fsp3) is 0.385. The number of carbonyl (C=O) groups is 1. The first-order valence-corrected chi connectivity index (χ1v) is 11.5. The molecule has 1 saturated carbocycles. The Bertz CT molecular complexity index is 1100. The lowest BCUT2D eigenvalue weighted by Gasteiger charge is -2.17. The van der Waals surface area contributed by atoms with Gasteiger partial charge in [0.25, 0.3) is 5.91 Å². The molecule has 0 saturated heterocycles. The normalized spacial score (nSPS) is 15.9. The van der Waals surface area contributed by atoms with Crippen molar-refractivity contribution in [3.05, 3.63) is 59.9 Å². The van der Waals surface area contributed by atoms with Crippen LogP contribution >= 0.6 is 0 Å². The summed E-state index contributed by atoms with van der Waals surface area (Å²) in [6.07, 6.45) is 10.3. The topological polar surface area (TPSA) is 65.4 Å². The van der Waals surface area contributed by atoms with Crippen molar-refractivity contribution in [2.75, 3.05) is 12.4 Å². The molecule has 1 aliphatic carbocycles. The van der Waals surface area contributed by atoms with Crippen LogP contribution in [0.25, 0.3) is 11.4 Å². The van der Waals surface area contributed by atoms with E-state index in [1.807, 2.05) is 36.5 Å². The molecule has 1 aromatic heterocycles. The molecular weight excluding hydrogens is 402 g/mol. The van der Waals surface area contributed by atoms with Crippen LogP contribution in [0.3, 0.4) is 0 Å². The van der Waals surface area contributed by atoms with Gasteiger partial charge in [-0.25, -0.2) is 4.98 Å². The van der Waals surface area contributed by atoms with Gasteiger partial charge in [0.2, 0.25) is 0 Å². The van der Waals surface area contributed by atoms with Crippen molar-refractivity contribution in [3.8, 4) is 22.9 Å². The molecule has 2 aromatic carbocycles. The monoisotopic (exact) mass is 431 g/mol. The Kier molecular flexibility index (Phi) is 5.84. The van der Waals surface area contributed by atoms with E-state index < -0.39 is 0 Å². The third-order valence-electron chi connectivity index (χ3n) is 6.43. The van der Waals surface area contributed by atoms with Crippen LogP contribution in [0.4, 0.5) is 5.69 Å². The molecule has 0 spiro atoms. The van der Waals surface area contributed by atoms with Gasteiger partial charge < -0.3 is 19.4 Å². The van der Waals surface area contributed by atoms with Crippen LogP contribution in [0.2, 0.25) is 0 Å². The van der Waals surface area contributed by atoms with E-state index in [0.29, 0.717) is 17.1 Å². The summed E-state index contributed by atoms with van der Waals surface area (Å²) in [6.45, 7) is 1.02. The Morgan fingerprint density at radius 3 is 2.62 bits per heavy atom. The van der Waals surface area contributed by atoms with E-state index >= 15 is 0 Å². The zero-order valence-corrected chi connectivity index (χ0v) is 18.5. The van der Waals surface area contributed by atoms with Gasteiger partial charge in [-0.15, -0.1) is 0 Å². The number of rotatable bonds is 6. The summed E-state index contributed by atoms with van der Waals surface area (Å²) >= 11 is 0. The maximum absolute atomic E-state index is 12.8. The van der Waals surface area contributed by atoms with Crippen molar-refractivity contribution >= 4 is 11.6 Å². The number of nitrogens with one attached hydrogen (secondary N) is 1. The number of hydrogen-bond acceptors (Lipinski definition) is 4. The highest BCUT2D eigenvalue weighted by molar-refractivity contribution is 6.04. The minimum Gasteiger partial charge on any atom is -0.493 e. The number of aromatic nitrogens is 2. The van der Waals surface area contributed by atoms with Gasteiger partial charge in [0.1, 0.15) is 5.82 Å². The number of methoxy groups -OCH3 is 1. The maximum Gasteiger partial charge on any atom is 0.255 e. The number of imidazole rings is 1. The molecule has 1 aliphatic heterocycles. The first-order valence-electron chi connectivity index (χ1n) is 11.5. The summed E-state index contributed by atoms with van der Waals surface area (Å²) in [7, 11) is 1.60. The number of carbonyl (C=O) groups excluding carboxylic acids is 1. The number of anilines is 1. The van der Waals surface area contributed by atoms with Gasteiger partial charge in [-0.3, -0.25) is 4.79 Å². The van der Waals surface area contributed by atoms with Crippen LogP contribution in [0.15, 0.2) is 48.7 Å². The van der Waals surface area contributed by atoms with E-state index in [4.69, 9.17) is 9.47 Å². The largest absolute Gasteiger partial charge is 0.493 e. The second-order valence-electron chi connectivity index (χ2n) is 8.60. The smallest absolute Gasteiger partial charge is 0.255 e. The second kappa shape index (κ2) is 9.07. The number of nitrogens with zero attached hydrogens (tertiary/aromatic N) is 2. The van der Waals surface area contributed by atoms with Crippen molar-refractivity contribution in [2.45, 2.75) is 57.6 Å². The zero-order chi connectivity index (χ0) is 21.9. The Labute approximate surface area is 188 Å². The zero-order valence-electron chi connectivity index (χ0n) is 18.5. The van der Waals surface area contributed by atoms with E-state index in [1.165, 1.54) is 31.4 Å². The molecule has 0 atom stereocenters. The molecule has 2 aliphatic rings. The molecule has 2 heterocycles. The molecule has 3 aromatic rings. The molecular formula is C26H29N3O3. The predicted molar refractivity (Wildman–Crippen MR) is 124 cm³/mol. The van der Waals surface area contributed by atoms with Gasteiger partial charge in [0, 0.05) is 35.2 Å². The number of amides is 1. The van der Waals surface area contributed by atoms with Crippen LogP contribution in [-0.4, -0.2) is 28.7 Å². The summed E-state index contributed by atoms with van der Waals surface area (Å²) in [5, 5.41) is 2.97. The fourth-order valence-electron chi connectivity index (χ4n) is 4.66. The summed E-state index contributed by atoms with van der Waals surface area (Å²) in [6, 6.07) is 13.2. The molecule has 0 bridgehead atoms. The number of benzene rings is 2. The SMILES string of the molecule is COc1cc(C(=O)Nc2ccc(-c3ncc4n3CCCC4)cc2)ccc1OC1CCCC1. The van der Waals surface area contributed by atoms with Crippen LogP contribution in [0.1, 0.15) is 54.6 Å². The fourth-order valence-corrected chi connectivity index (χ4v) is 4.66. The Balaban J connectivity index is 1.28. The van der Waals surface area contributed by atoms with E-state index in [0.717, 1.165) is 42.9 Å². The van der Waals surface area contributed by atoms with Crippen molar-refractivity contribution < 1.29 is 14.3 Å². The van der Waals surface area contributed by atoms with Gasteiger partial charge in [0.05, 0.1) is 13.2 Å². The van der Waals surface area contributed by atoms with E-state index in [-0.39, 0.29) is 12.0 Å². The summed E-state index contributed by atoms with van der Waals surface area (Å²) in [5.41, 5.74) is 3.64. The highest BCUT2D eigenvalue weighted by Gasteiger charge is 2.20. The first-order chi connectivity index (χ1) is 15.7. The molecule has 1 amide bonds. The maximum atomic E-state index is 12.8. The lowest BCUT2D eigenvalue weighted by Crippen LogP contribution is -2.14. The number of fused-ring (bicyclic) bond motifs is 1. The summed E-state index contributed by atoms with van der Waals surface area (Å²) < 4.78 is 13.9. The van der Waals surface area contributed by atoms with Crippen LogP contribution < -0.4 is 14.8 Å². The average Bonchev–Trinajstić information content (AvgIpc) is 3.50. The molecule has 0 radical (unpaired) electrons. The summed E-state index contributed by atoms with van der Waals surface area (Å²) in [4.78, 5) is 17.4. The van der Waals surface area contributed by atoms with Crippen molar-refractivity contribution in [1.82, 2.24) is 9.55 Å². The minimum absolute atomic E-state index is 0.179. The Morgan fingerprint density at radius 1 is 1.03 bits per heavy atom. The average molecular weight is 432 g/mol. The van der Waals surface area contributed by atoms with E-state index in [2.05, 4.69) is 14.9 Å². The highest BCUT2D eigenvalue weighted by Crippen LogP contribution is 2.33. The van der Waals surface area contributed by atoms with E-state index in [9.17, 15) is 4.79 Å². The molecule has 5 rings (SSSR count). The molecule has 32 heavy (non-hydrogen) atoms. The molecule has 166 valence electrons. The Hall–Kier alpha value is -3.28. The van der Waals surface area contributed by atoms with Crippen molar-refractivity contribution in [3.63, 3.8) is 0 Å². The molecule has 1 N–H and O–H groups in total. The number of aryl methyl sites for hydroxylation is 1. The van der Waals surface area contributed by atoms with Crippen LogP contribution in [0, 0.1) is 0 Å². The molecule has 6 heteroatoms. The molecule has 6 nitrogen and oxygen atoms in total. The van der Waals surface area contributed by atoms with Gasteiger partial charge in [0.15, 0.2) is 11.5 Å². The lowest BCUT2D eigenvalue weighted by molar-refractivity contribution is 0.102. The van der Waals surface area contributed by atoms with Crippen LogP contribution in [-0.2, 0) is 13.0 Å². The van der Waals surface area contributed by atoms with Crippen LogP contribution in [0.5, 0.6) is 11.5 Å². The van der Waals surface area contributed by atoms with Crippen molar-refractivity contribution in [2.24, 2.45) is 0 Å². The third kappa shape index (κ3) is 4.22. The minimum atomic E-state index is -0.179. The van der Waals surface area contributed by atoms with Gasteiger partial charge in [-0.2, -0.15) is 0 Å². The van der Waals surface area contributed by atoms with Gasteiger partial charge >= 0.3 is 0 Å². The Morgan fingerprint density at radius 2 is 1.84 bits per heavy atom. The van der Waals surface area contributed by atoms with Gasteiger partial charge in [-0.05, 0) is 87.4 Å². The van der Waals surface area contributed by atoms with Crippen molar-refractivity contribution in [1.29, 1.82) is 0 Å². The van der Waals surface area contributed by atoms with E-state index in [1.54, 1.807) is 19.2 Å². The van der Waals surface area contributed by atoms with Gasteiger partial charge in [-0.1, -0.05) is 0 Å². The molecule has 1 fully saturated rings. The quantitative estimate of drug-likeness (QED) is 0.562. The first kappa shape index (κ1) is 20.6. The molecule has 0 unspecified atom stereocenters.